The number of nitrogens with one attached hydrogen (secondary N) is 2. The van der Waals surface area contributed by atoms with Crippen LogP contribution in [-0.4, -0.2) is 19.0 Å². The summed E-state index contributed by atoms with van der Waals surface area (Å²) >= 11 is 0. The molecule has 4 N–H and O–H groups in total. The Morgan fingerprint density at radius 1 is 0.962 bits per heavy atom. The Labute approximate surface area is 152 Å². The molecule has 0 heterocycles. The lowest BCUT2D eigenvalue weighted by molar-refractivity contribution is -0.916. The second-order valence-electron chi connectivity index (χ2n) is 6.40. The molecule has 1 unspecified atom stereocenters. The maximum atomic E-state index is 12.6. The van der Waals surface area contributed by atoms with Gasteiger partial charge in [-0.05, 0) is 16.8 Å². The highest BCUT2D eigenvalue weighted by Crippen LogP contribution is 2.16. The zero-order valence-electron chi connectivity index (χ0n) is 14.6. The smallest absolute Gasteiger partial charge is 0.319 e. The summed E-state index contributed by atoms with van der Waals surface area (Å²) in [6.07, 6.45) is 0. The lowest BCUT2D eigenvalue weighted by Crippen LogP contribution is -3.09. The third kappa shape index (κ3) is 4.07. The summed E-state index contributed by atoms with van der Waals surface area (Å²) in [5, 5.41) is 4.56. The van der Waals surface area contributed by atoms with Gasteiger partial charge >= 0.3 is 6.03 Å². The molecule has 0 fully saturated rings. The first-order valence-electron chi connectivity index (χ1n) is 8.50. The van der Waals surface area contributed by atoms with E-state index in [1.165, 1.54) is 5.39 Å². The molecule has 3 rings (SSSR count). The minimum Gasteiger partial charge on any atom is -0.351 e. The summed E-state index contributed by atoms with van der Waals surface area (Å²) < 4.78 is 0. The Kier molecular flexibility index (Phi) is 5.29. The average Bonchev–Trinajstić information content (AvgIpc) is 2.62. The van der Waals surface area contributed by atoms with E-state index in [2.05, 4.69) is 35.6 Å². The molecule has 3 aromatic rings. The van der Waals surface area contributed by atoms with Crippen LogP contribution in [0.15, 0.2) is 72.8 Å². The number of benzene rings is 3. The van der Waals surface area contributed by atoms with Gasteiger partial charge in [-0.3, -0.25) is 10.1 Å². The van der Waals surface area contributed by atoms with E-state index in [1.807, 2.05) is 49.5 Å². The molecule has 26 heavy (non-hydrogen) atoms. The molecule has 3 amide bonds. The van der Waals surface area contributed by atoms with Crippen LogP contribution >= 0.6 is 0 Å². The SMILES string of the molecule is C[NH+](Cc1ccc2ccccc2c1)[C@H](C(=O)NC(N)=O)c1ccccc1. The molecule has 0 radical (unpaired) electrons. The second kappa shape index (κ2) is 7.80. The summed E-state index contributed by atoms with van der Waals surface area (Å²) in [4.78, 5) is 24.7. The van der Waals surface area contributed by atoms with Crippen LogP contribution in [-0.2, 0) is 11.3 Å². The molecule has 0 bridgehead atoms. The Balaban J connectivity index is 1.87. The molecule has 0 aliphatic rings. The summed E-state index contributed by atoms with van der Waals surface area (Å²) in [6.45, 7) is 0.635. The Hall–Kier alpha value is -3.18. The molecule has 0 aliphatic carbocycles. The van der Waals surface area contributed by atoms with Gasteiger partial charge in [-0.15, -0.1) is 0 Å². The van der Waals surface area contributed by atoms with E-state index >= 15 is 0 Å². The molecule has 5 nitrogen and oxygen atoms in total. The number of urea groups is 1. The van der Waals surface area contributed by atoms with E-state index in [0.29, 0.717) is 6.54 Å². The largest absolute Gasteiger partial charge is 0.351 e. The van der Waals surface area contributed by atoms with Gasteiger partial charge < -0.3 is 10.6 Å². The number of primary amides is 1. The second-order valence-corrected chi connectivity index (χ2v) is 6.40. The molecule has 0 saturated heterocycles. The fraction of sp³-hybridized carbons (Fsp3) is 0.143. The molecule has 0 saturated carbocycles. The van der Waals surface area contributed by atoms with Crippen molar-refractivity contribution in [3.63, 3.8) is 0 Å². The van der Waals surface area contributed by atoms with Crippen molar-refractivity contribution in [1.29, 1.82) is 0 Å². The highest BCUT2D eigenvalue weighted by molar-refractivity contribution is 5.96. The Morgan fingerprint density at radius 2 is 1.62 bits per heavy atom. The van der Waals surface area contributed by atoms with Gasteiger partial charge in [0.15, 0.2) is 6.04 Å². The third-order valence-corrected chi connectivity index (χ3v) is 4.43. The number of amides is 3. The highest BCUT2D eigenvalue weighted by Gasteiger charge is 2.29. The van der Waals surface area contributed by atoms with Crippen molar-refractivity contribution in [2.75, 3.05) is 7.05 Å². The van der Waals surface area contributed by atoms with Crippen LogP contribution in [0, 0.1) is 0 Å². The number of hydrogen-bond donors (Lipinski definition) is 3. The lowest BCUT2D eigenvalue weighted by atomic mass is 10.0. The van der Waals surface area contributed by atoms with E-state index in [1.54, 1.807) is 0 Å². The van der Waals surface area contributed by atoms with Crippen molar-refractivity contribution in [2.45, 2.75) is 12.6 Å². The topological polar surface area (TPSA) is 76.6 Å². The number of hydrogen-bond acceptors (Lipinski definition) is 2. The van der Waals surface area contributed by atoms with Crippen LogP contribution in [0.3, 0.4) is 0 Å². The van der Waals surface area contributed by atoms with Crippen molar-refractivity contribution in [2.24, 2.45) is 5.73 Å². The summed E-state index contributed by atoms with van der Waals surface area (Å²) in [7, 11) is 1.94. The van der Waals surface area contributed by atoms with E-state index < -0.39 is 18.0 Å². The quantitative estimate of drug-likeness (QED) is 0.657. The van der Waals surface area contributed by atoms with Crippen LogP contribution in [0.5, 0.6) is 0 Å². The number of nitrogens with two attached hydrogens (primary N) is 1. The zero-order valence-corrected chi connectivity index (χ0v) is 14.6. The van der Waals surface area contributed by atoms with Gasteiger partial charge in [0.2, 0.25) is 0 Å². The first kappa shape index (κ1) is 17.6. The number of imide groups is 1. The molecule has 5 heteroatoms. The van der Waals surface area contributed by atoms with Gasteiger partial charge in [-0.1, -0.05) is 66.7 Å². The first-order valence-corrected chi connectivity index (χ1v) is 8.50. The first-order chi connectivity index (χ1) is 12.5. The van der Waals surface area contributed by atoms with Gasteiger partial charge in [0.1, 0.15) is 6.54 Å². The van der Waals surface area contributed by atoms with Crippen molar-refractivity contribution >= 4 is 22.7 Å². The number of fused-ring (bicyclic) bond motifs is 1. The van der Waals surface area contributed by atoms with Crippen LogP contribution in [0.2, 0.25) is 0 Å². The van der Waals surface area contributed by atoms with Gasteiger partial charge in [-0.25, -0.2) is 4.79 Å². The summed E-state index contributed by atoms with van der Waals surface area (Å²) in [5.41, 5.74) is 7.10. The monoisotopic (exact) mass is 348 g/mol. The Bertz CT molecular complexity index is 925. The fourth-order valence-corrected chi connectivity index (χ4v) is 3.27. The molecule has 0 spiro atoms. The van der Waals surface area contributed by atoms with E-state index in [-0.39, 0.29) is 0 Å². The van der Waals surface area contributed by atoms with Crippen molar-refractivity contribution in [3.05, 3.63) is 83.9 Å². The maximum Gasteiger partial charge on any atom is 0.319 e. The number of rotatable bonds is 5. The summed E-state index contributed by atoms with van der Waals surface area (Å²) in [6, 6.07) is 22.5. The van der Waals surface area contributed by atoms with E-state index in [4.69, 9.17) is 5.73 Å². The molecule has 3 aromatic carbocycles. The molecule has 2 atom stereocenters. The van der Waals surface area contributed by atoms with Crippen molar-refractivity contribution < 1.29 is 14.5 Å². The minimum atomic E-state index is -0.838. The van der Waals surface area contributed by atoms with Crippen LogP contribution < -0.4 is 16.0 Å². The van der Waals surface area contributed by atoms with Crippen molar-refractivity contribution in [3.8, 4) is 0 Å². The zero-order chi connectivity index (χ0) is 18.5. The average molecular weight is 348 g/mol. The lowest BCUT2D eigenvalue weighted by Gasteiger charge is -2.24. The molecular weight excluding hydrogens is 326 g/mol. The van der Waals surface area contributed by atoms with Gasteiger partial charge in [-0.2, -0.15) is 0 Å². The summed E-state index contributed by atoms with van der Waals surface area (Å²) in [5.74, 6) is -0.401. The predicted molar refractivity (Wildman–Crippen MR) is 101 cm³/mol. The normalized spacial score (nSPS) is 13.1. The van der Waals surface area contributed by atoms with Gasteiger partial charge in [0.25, 0.3) is 5.91 Å². The Morgan fingerprint density at radius 3 is 2.31 bits per heavy atom. The number of likely N-dealkylation sites (N-methyl/N-ethyl adjacent to an activating group) is 1. The van der Waals surface area contributed by atoms with Crippen molar-refractivity contribution in [1.82, 2.24) is 5.32 Å². The predicted octanol–water partition coefficient (Wildman–Crippen LogP) is 1.79. The van der Waals surface area contributed by atoms with Gasteiger partial charge in [0, 0.05) is 11.1 Å². The number of quaternary nitrogens is 1. The highest BCUT2D eigenvalue weighted by atomic mass is 16.2. The molecule has 0 aromatic heterocycles. The van der Waals surface area contributed by atoms with Crippen LogP contribution in [0.4, 0.5) is 4.79 Å². The fourth-order valence-electron chi connectivity index (χ4n) is 3.27. The molecule has 0 aliphatic heterocycles. The molecular formula is C21H22N3O2+. The molecule has 132 valence electrons. The third-order valence-electron chi connectivity index (χ3n) is 4.43. The minimum absolute atomic E-state index is 0.401. The van der Waals surface area contributed by atoms with Crippen LogP contribution in [0.25, 0.3) is 10.8 Å². The number of carbonyl (C=O) groups is 2. The van der Waals surface area contributed by atoms with E-state index in [0.717, 1.165) is 21.4 Å². The van der Waals surface area contributed by atoms with Crippen LogP contribution in [0.1, 0.15) is 17.2 Å². The standard InChI is InChI=1S/C21H21N3O2/c1-24(14-15-11-12-16-7-5-6-10-18(16)13-15)19(20(25)23-21(22)26)17-8-3-2-4-9-17/h2-13,19H,14H2,1H3,(H3,22,23,25,26)/p+1/t19-/m0/s1. The maximum absolute atomic E-state index is 12.6. The van der Waals surface area contributed by atoms with Gasteiger partial charge in [0.05, 0.1) is 7.05 Å². The number of carbonyl (C=O) groups excluding carboxylic acids is 2. The van der Waals surface area contributed by atoms with E-state index in [9.17, 15) is 9.59 Å².